The maximum Gasteiger partial charge on any atom is 0.407 e. The van der Waals surface area contributed by atoms with Crippen molar-refractivity contribution >= 4 is 12.2 Å². The Hall–Kier alpha value is -1.50. The quantitative estimate of drug-likeness (QED) is 0.525. The van der Waals surface area contributed by atoms with Gasteiger partial charge in [0.15, 0.2) is 0 Å². The average Bonchev–Trinajstić information content (AvgIpc) is 2.70. The lowest BCUT2D eigenvalue weighted by Gasteiger charge is -2.56. The van der Waals surface area contributed by atoms with Crippen LogP contribution in [0.15, 0.2) is 0 Å². The molecular weight excluding hydrogens is 420 g/mol. The molecule has 8 saturated carbocycles. The van der Waals surface area contributed by atoms with Crippen molar-refractivity contribution in [3.05, 3.63) is 0 Å². The molecule has 33 heavy (non-hydrogen) atoms. The minimum atomic E-state index is -0.313. The first-order valence-electron chi connectivity index (χ1n) is 13.4. The van der Waals surface area contributed by atoms with E-state index in [1.54, 1.807) is 0 Å². The normalized spacial score (nSPS) is 44.0. The van der Waals surface area contributed by atoms with E-state index in [9.17, 15) is 9.59 Å². The fourth-order valence-corrected chi connectivity index (χ4v) is 9.52. The molecule has 0 atom stereocenters. The van der Waals surface area contributed by atoms with Crippen LogP contribution < -0.4 is 10.6 Å². The number of rotatable bonds is 8. The van der Waals surface area contributed by atoms with Gasteiger partial charge in [0.2, 0.25) is 0 Å². The van der Waals surface area contributed by atoms with E-state index in [-0.39, 0.29) is 36.5 Å². The van der Waals surface area contributed by atoms with Gasteiger partial charge in [0.25, 0.3) is 0 Å². The molecule has 8 aliphatic carbocycles. The molecule has 8 fully saturated rings. The monoisotopic (exact) mass is 460 g/mol. The third kappa shape index (κ3) is 4.71. The van der Waals surface area contributed by atoms with Gasteiger partial charge in [-0.15, -0.1) is 0 Å². The molecule has 2 amide bonds. The van der Waals surface area contributed by atoms with Crippen LogP contribution in [-0.4, -0.2) is 49.7 Å². The van der Waals surface area contributed by atoms with Crippen LogP contribution in [0.1, 0.15) is 77.0 Å². The minimum Gasteiger partial charge on any atom is -0.447 e. The number of carbonyl (C=O) groups excluding carboxylic acids is 2. The van der Waals surface area contributed by atoms with Gasteiger partial charge < -0.3 is 24.8 Å². The van der Waals surface area contributed by atoms with Gasteiger partial charge in [-0.1, -0.05) is 0 Å². The van der Waals surface area contributed by atoms with Crippen molar-refractivity contribution < 1.29 is 23.8 Å². The van der Waals surface area contributed by atoms with Crippen LogP contribution in [-0.2, 0) is 14.2 Å². The summed E-state index contributed by atoms with van der Waals surface area (Å²) in [6, 6.07) is 0. The van der Waals surface area contributed by atoms with Crippen LogP contribution in [0, 0.1) is 35.5 Å². The number of ether oxygens (including phenoxy) is 3. The molecule has 184 valence electrons. The lowest BCUT2D eigenvalue weighted by Crippen LogP contribution is -2.60. The maximum absolute atomic E-state index is 12.3. The first kappa shape index (κ1) is 22.0. The summed E-state index contributed by atoms with van der Waals surface area (Å²) in [6.45, 7) is 1.07. The largest absolute Gasteiger partial charge is 0.447 e. The summed E-state index contributed by atoms with van der Waals surface area (Å²) in [5.41, 5.74) is -0.0465. The van der Waals surface area contributed by atoms with Gasteiger partial charge in [0.05, 0.1) is 13.2 Å². The maximum atomic E-state index is 12.3. The van der Waals surface area contributed by atoms with Crippen molar-refractivity contribution in [1.29, 1.82) is 0 Å². The molecule has 8 rings (SSSR count). The van der Waals surface area contributed by atoms with Crippen LogP contribution in [0.5, 0.6) is 0 Å². The zero-order chi connectivity index (χ0) is 22.5. The zero-order valence-electron chi connectivity index (χ0n) is 19.8. The lowest BCUT2D eigenvalue weighted by molar-refractivity contribution is -0.0228. The van der Waals surface area contributed by atoms with Gasteiger partial charge in [-0.25, -0.2) is 9.59 Å². The van der Waals surface area contributed by atoms with Crippen molar-refractivity contribution in [2.75, 3.05) is 26.4 Å². The fourth-order valence-electron chi connectivity index (χ4n) is 9.52. The van der Waals surface area contributed by atoms with Gasteiger partial charge in [0, 0.05) is 11.1 Å². The van der Waals surface area contributed by atoms with E-state index in [2.05, 4.69) is 10.6 Å². The molecule has 0 aliphatic heterocycles. The van der Waals surface area contributed by atoms with E-state index in [0.29, 0.717) is 13.2 Å². The van der Waals surface area contributed by atoms with E-state index < -0.39 is 0 Å². The van der Waals surface area contributed by atoms with Gasteiger partial charge in [0.1, 0.15) is 13.2 Å². The van der Waals surface area contributed by atoms with Crippen molar-refractivity contribution in [2.24, 2.45) is 35.5 Å². The molecule has 0 spiro atoms. The molecule has 0 aromatic heterocycles. The standard InChI is InChI=1S/C26H40N2O5/c29-23(27-25-11-17-5-18(12-25)7-19(6-17)13-25)32-3-1-31-2-4-33-24(30)28-26-14-20-8-21(15-26)10-22(9-20)16-26/h17-22H,1-16H2,(H,27,29)(H,28,30). The molecule has 0 unspecified atom stereocenters. The third-order valence-corrected chi connectivity index (χ3v) is 9.73. The highest BCUT2D eigenvalue weighted by Crippen LogP contribution is 2.56. The Kier molecular flexibility index (Phi) is 5.74. The van der Waals surface area contributed by atoms with Gasteiger partial charge in [-0.2, -0.15) is 0 Å². The van der Waals surface area contributed by atoms with Crippen molar-refractivity contribution in [3.8, 4) is 0 Å². The second-order valence-corrected chi connectivity index (χ2v) is 12.5. The zero-order valence-corrected chi connectivity index (χ0v) is 19.8. The fraction of sp³-hybridized carbons (Fsp3) is 0.923. The molecule has 7 nitrogen and oxygen atoms in total. The molecule has 0 aromatic carbocycles. The summed E-state index contributed by atoms with van der Waals surface area (Å²) in [7, 11) is 0. The smallest absolute Gasteiger partial charge is 0.407 e. The van der Waals surface area contributed by atoms with Gasteiger partial charge in [-0.3, -0.25) is 0 Å². The Labute approximate surface area is 197 Å². The number of hydrogen-bond acceptors (Lipinski definition) is 5. The summed E-state index contributed by atoms with van der Waals surface area (Å²) < 4.78 is 16.3. The Balaban J connectivity index is 0.839. The molecule has 8 aliphatic rings. The Morgan fingerprint density at radius 1 is 0.545 bits per heavy atom. The molecular formula is C26H40N2O5. The summed E-state index contributed by atoms with van der Waals surface area (Å²) in [5.74, 6) is 4.75. The molecule has 8 bridgehead atoms. The van der Waals surface area contributed by atoms with Crippen molar-refractivity contribution in [1.82, 2.24) is 10.6 Å². The lowest BCUT2D eigenvalue weighted by atomic mass is 9.53. The number of nitrogens with one attached hydrogen (secondary N) is 2. The van der Waals surface area contributed by atoms with Gasteiger partial charge in [-0.05, 0) is 113 Å². The van der Waals surface area contributed by atoms with E-state index in [1.807, 2.05) is 0 Å². The Bertz CT molecular complexity index is 635. The van der Waals surface area contributed by atoms with Crippen LogP contribution in [0.25, 0.3) is 0 Å². The van der Waals surface area contributed by atoms with Crippen molar-refractivity contribution in [2.45, 2.75) is 88.1 Å². The molecule has 0 radical (unpaired) electrons. The predicted molar refractivity (Wildman–Crippen MR) is 122 cm³/mol. The highest BCUT2D eigenvalue weighted by atomic mass is 16.6. The highest BCUT2D eigenvalue weighted by Gasteiger charge is 2.52. The van der Waals surface area contributed by atoms with E-state index in [4.69, 9.17) is 14.2 Å². The van der Waals surface area contributed by atoms with Gasteiger partial charge >= 0.3 is 12.2 Å². The second-order valence-electron chi connectivity index (χ2n) is 12.5. The molecule has 0 saturated heterocycles. The first-order valence-corrected chi connectivity index (χ1v) is 13.4. The number of alkyl carbamates (subject to hydrolysis) is 2. The SMILES string of the molecule is O=C(NC12CC3CC(CC(C3)C1)C2)OCCOCCOC(=O)NC12CC3CC(CC(C3)C1)C2. The summed E-state index contributed by atoms with van der Waals surface area (Å²) in [6.07, 6.45) is 14.2. The topological polar surface area (TPSA) is 85.9 Å². The highest BCUT2D eigenvalue weighted by molar-refractivity contribution is 5.69. The predicted octanol–water partition coefficient (Wildman–Crippen LogP) is 4.39. The molecule has 0 aromatic rings. The van der Waals surface area contributed by atoms with Crippen LogP contribution in [0.3, 0.4) is 0 Å². The van der Waals surface area contributed by atoms with E-state index in [1.165, 1.54) is 38.5 Å². The second kappa shape index (κ2) is 8.62. The summed E-state index contributed by atoms with van der Waals surface area (Å²) in [5, 5.41) is 6.42. The Morgan fingerprint density at radius 2 is 0.848 bits per heavy atom. The number of carbonyl (C=O) groups is 2. The van der Waals surface area contributed by atoms with Crippen LogP contribution in [0.4, 0.5) is 9.59 Å². The average molecular weight is 461 g/mol. The van der Waals surface area contributed by atoms with Crippen LogP contribution in [0.2, 0.25) is 0 Å². The van der Waals surface area contributed by atoms with E-state index >= 15 is 0 Å². The molecule has 0 heterocycles. The Morgan fingerprint density at radius 3 is 1.15 bits per heavy atom. The molecule has 2 N–H and O–H groups in total. The number of amides is 2. The van der Waals surface area contributed by atoms with Crippen molar-refractivity contribution in [3.63, 3.8) is 0 Å². The molecule has 7 heteroatoms. The summed E-state index contributed by atoms with van der Waals surface area (Å²) in [4.78, 5) is 24.7. The van der Waals surface area contributed by atoms with Crippen LogP contribution >= 0.6 is 0 Å². The first-order chi connectivity index (χ1) is 16.0. The summed E-state index contributed by atoms with van der Waals surface area (Å²) >= 11 is 0. The number of hydrogen-bond donors (Lipinski definition) is 2. The third-order valence-electron chi connectivity index (χ3n) is 9.73. The van der Waals surface area contributed by atoms with E-state index in [0.717, 1.165) is 74.0 Å². The minimum absolute atomic E-state index is 0.0232.